The van der Waals surface area contributed by atoms with Crippen LogP contribution in [0.4, 0.5) is 5.69 Å². The predicted octanol–water partition coefficient (Wildman–Crippen LogP) is 1.07. The van der Waals surface area contributed by atoms with E-state index < -0.39 is 0 Å². The minimum Gasteiger partial charge on any atom is -0.321 e. The third-order valence-corrected chi connectivity index (χ3v) is 1.87. The van der Waals surface area contributed by atoms with Gasteiger partial charge in [0.1, 0.15) is 0 Å². The van der Waals surface area contributed by atoms with Crippen LogP contribution in [-0.2, 0) is 7.05 Å². The lowest BCUT2D eigenvalue weighted by Crippen LogP contribution is -2.12. The van der Waals surface area contributed by atoms with Crippen molar-refractivity contribution >= 4 is 11.6 Å². The highest BCUT2D eigenvalue weighted by Gasteiger charge is 2.09. The molecule has 2 aromatic rings. The number of anilines is 1. The Hall–Kier alpha value is -2.17. The van der Waals surface area contributed by atoms with Crippen LogP contribution in [0.1, 0.15) is 10.5 Å². The number of benzene rings is 1. The molecule has 0 aliphatic carbocycles. The fourth-order valence-electron chi connectivity index (χ4n) is 1.17. The molecular formula is C10H10N4O. The first-order chi connectivity index (χ1) is 7.25. The number of para-hydroxylation sites is 1. The molecule has 1 heterocycles. The number of nitrogens with zero attached hydrogens (tertiary/aromatic N) is 3. The van der Waals surface area contributed by atoms with Crippen LogP contribution in [0.2, 0.25) is 0 Å². The van der Waals surface area contributed by atoms with Gasteiger partial charge in [-0.25, -0.2) is 0 Å². The van der Waals surface area contributed by atoms with E-state index in [4.69, 9.17) is 0 Å². The number of amides is 1. The molecule has 5 heteroatoms. The van der Waals surface area contributed by atoms with Crippen molar-refractivity contribution in [2.75, 3.05) is 5.32 Å². The Bertz CT molecular complexity index is 463. The van der Waals surface area contributed by atoms with E-state index in [1.165, 1.54) is 4.68 Å². The Balaban J connectivity index is 2.11. The highest BCUT2D eigenvalue weighted by Crippen LogP contribution is 2.06. The summed E-state index contributed by atoms with van der Waals surface area (Å²) in [4.78, 5) is 11.6. The molecule has 2 rings (SSSR count). The first-order valence-corrected chi connectivity index (χ1v) is 4.48. The zero-order valence-corrected chi connectivity index (χ0v) is 8.21. The lowest BCUT2D eigenvalue weighted by atomic mass is 10.3. The van der Waals surface area contributed by atoms with Crippen LogP contribution in [-0.4, -0.2) is 20.9 Å². The van der Waals surface area contributed by atoms with Crippen molar-refractivity contribution in [2.24, 2.45) is 7.05 Å². The predicted molar refractivity (Wildman–Crippen MR) is 55.4 cm³/mol. The molecule has 0 aliphatic heterocycles. The largest absolute Gasteiger partial charge is 0.321 e. The Labute approximate surface area is 86.7 Å². The standard InChI is InChI=1S/C10H10N4O/c1-14-7-9(12-13-14)10(15)11-8-5-3-2-4-6-8/h2-7H,1H3,(H,11,15). The van der Waals surface area contributed by atoms with Gasteiger partial charge in [-0.1, -0.05) is 23.4 Å². The number of aromatic nitrogens is 3. The summed E-state index contributed by atoms with van der Waals surface area (Å²) in [5.74, 6) is -0.255. The van der Waals surface area contributed by atoms with Gasteiger partial charge >= 0.3 is 0 Å². The monoisotopic (exact) mass is 202 g/mol. The smallest absolute Gasteiger partial charge is 0.277 e. The highest BCUT2D eigenvalue weighted by atomic mass is 16.2. The number of carbonyl (C=O) groups excluding carboxylic acids is 1. The number of carbonyl (C=O) groups is 1. The molecule has 5 nitrogen and oxygen atoms in total. The molecule has 0 unspecified atom stereocenters. The molecular weight excluding hydrogens is 192 g/mol. The summed E-state index contributed by atoms with van der Waals surface area (Å²) in [7, 11) is 1.71. The molecule has 0 radical (unpaired) electrons. The second-order valence-electron chi connectivity index (χ2n) is 3.10. The maximum Gasteiger partial charge on any atom is 0.277 e. The molecule has 0 bridgehead atoms. The summed E-state index contributed by atoms with van der Waals surface area (Å²) in [6.07, 6.45) is 1.57. The Morgan fingerprint density at radius 3 is 2.67 bits per heavy atom. The Morgan fingerprint density at radius 2 is 2.07 bits per heavy atom. The van der Waals surface area contributed by atoms with Crippen molar-refractivity contribution in [3.8, 4) is 0 Å². The second-order valence-corrected chi connectivity index (χ2v) is 3.10. The van der Waals surface area contributed by atoms with E-state index in [2.05, 4.69) is 15.6 Å². The van der Waals surface area contributed by atoms with Crippen LogP contribution >= 0.6 is 0 Å². The molecule has 0 spiro atoms. The fourth-order valence-corrected chi connectivity index (χ4v) is 1.17. The summed E-state index contributed by atoms with van der Waals surface area (Å²) >= 11 is 0. The molecule has 1 N–H and O–H groups in total. The van der Waals surface area contributed by atoms with Crippen LogP contribution in [0.25, 0.3) is 0 Å². The normalized spacial score (nSPS) is 9.93. The van der Waals surface area contributed by atoms with Crippen LogP contribution in [0.3, 0.4) is 0 Å². The Morgan fingerprint density at radius 1 is 1.33 bits per heavy atom. The summed E-state index contributed by atoms with van der Waals surface area (Å²) in [5.41, 5.74) is 1.05. The quantitative estimate of drug-likeness (QED) is 0.792. The van der Waals surface area contributed by atoms with Crippen molar-refractivity contribution in [3.63, 3.8) is 0 Å². The fraction of sp³-hybridized carbons (Fsp3) is 0.100. The van der Waals surface area contributed by atoms with Gasteiger partial charge in [0.05, 0.1) is 6.20 Å². The zero-order chi connectivity index (χ0) is 10.7. The number of aryl methyl sites for hydroxylation is 1. The van der Waals surface area contributed by atoms with Crippen LogP contribution < -0.4 is 5.32 Å². The van der Waals surface area contributed by atoms with Gasteiger partial charge in [-0.3, -0.25) is 9.48 Å². The SMILES string of the molecule is Cn1cc(C(=O)Nc2ccccc2)nn1. The highest BCUT2D eigenvalue weighted by molar-refractivity contribution is 6.02. The lowest BCUT2D eigenvalue weighted by Gasteiger charge is -2.00. The third kappa shape index (κ3) is 2.19. The summed E-state index contributed by atoms with van der Waals surface area (Å²) in [6, 6.07) is 9.22. The summed E-state index contributed by atoms with van der Waals surface area (Å²) in [6.45, 7) is 0. The molecule has 0 saturated carbocycles. The maximum absolute atomic E-state index is 11.6. The van der Waals surface area contributed by atoms with Crippen LogP contribution in [0.5, 0.6) is 0 Å². The molecule has 0 saturated heterocycles. The average molecular weight is 202 g/mol. The minimum atomic E-state index is -0.255. The van der Waals surface area contributed by atoms with Crippen LogP contribution in [0.15, 0.2) is 36.5 Å². The molecule has 76 valence electrons. The zero-order valence-electron chi connectivity index (χ0n) is 8.21. The van der Waals surface area contributed by atoms with Crippen molar-refractivity contribution in [2.45, 2.75) is 0 Å². The van der Waals surface area contributed by atoms with E-state index in [9.17, 15) is 4.79 Å². The van der Waals surface area contributed by atoms with Crippen molar-refractivity contribution in [1.29, 1.82) is 0 Å². The number of hydrogen-bond acceptors (Lipinski definition) is 3. The topological polar surface area (TPSA) is 59.8 Å². The molecule has 0 aliphatic rings. The average Bonchev–Trinajstić information content (AvgIpc) is 2.66. The van der Waals surface area contributed by atoms with Gasteiger partial charge in [-0.2, -0.15) is 0 Å². The van der Waals surface area contributed by atoms with Crippen molar-refractivity contribution in [1.82, 2.24) is 15.0 Å². The number of nitrogens with one attached hydrogen (secondary N) is 1. The summed E-state index contributed by atoms with van der Waals surface area (Å²) in [5, 5.41) is 10.1. The van der Waals surface area contributed by atoms with Gasteiger partial charge in [-0.05, 0) is 12.1 Å². The number of rotatable bonds is 2. The molecule has 0 atom stereocenters. The second kappa shape index (κ2) is 3.91. The first kappa shape index (κ1) is 9.39. The van der Waals surface area contributed by atoms with Crippen molar-refractivity contribution < 1.29 is 4.79 Å². The maximum atomic E-state index is 11.6. The van der Waals surface area contributed by atoms with Crippen LogP contribution in [0, 0.1) is 0 Å². The lowest BCUT2D eigenvalue weighted by molar-refractivity contribution is 0.102. The van der Waals surface area contributed by atoms with Gasteiger partial charge in [0, 0.05) is 12.7 Å². The van der Waals surface area contributed by atoms with E-state index >= 15 is 0 Å². The van der Waals surface area contributed by atoms with E-state index in [0.29, 0.717) is 5.69 Å². The van der Waals surface area contributed by atoms with Gasteiger partial charge in [0.2, 0.25) is 0 Å². The molecule has 0 fully saturated rings. The van der Waals surface area contributed by atoms with Gasteiger partial charge in [0.25, 0.3) is 5.91 Å². The third-order valence-electron chi connectivity index (χ3n) is 1.87. The Kier molecular flexibility index (Phi) is 2.45. The minimum absolute atomic E-state index is 0.255. The van der Waals surface area contributed by atoms with E-state index in [1.54, 1.807) is 13.2 Å². The van der Waals surface area contributed by atoms with E-state index in [0.717, 1.165) is 5.69 Å². The molecule has 1 aromatic heterocycles. The molecule has 15 heavy (non-hydrogen) atoms. The summed E-state index contributed by atoms with van der Waals surface area (Å²) < 4.78 is 1.49. The van der Waals surface area contributed by atoms with Gasteiger partial charge < -0.3 is 5.32 Å². The molecule has 1 amide bonds. The van der Waals surface area contributed by atoms with Gasteiger partial charge in [0.15, 0.2) is 5.69 Å². The first-order valence-electron chi connectivity index (χ1n) is 4.48. The van der Waals surface area contributed by atoms with E-state index in [-0.39, 0.29) is 5.91 Å². The molecule has 1 aromatic carbocycles. The van der Waals surface area contributed by atoms with E-state index in [1.807, 2.05) is 30.3 Å². The van der Waals surface area contributed by atoms with Gasteiger partial charge in [-0.15, -0.1) is 5.10 Å². The van der Waals surface area contributed by atoms with Crippen molar-refractivity contribution in [3.05, 3.63) is 42.2 Å². The number of hydrogen-bond donors (Lipinski definition) is 1.